The van der Waals surface area contributed by atoms with Gasteiger partial charge in [-0.2, -0.15) is 13.8 Å². The van der Waals surface area contributed by atoms with E-state index in [4.69, 9.17) is 34.8 Å². The van der Waals surface area contributed by atoms with Crippen LogP contribution >= 0.6 is 34.8 Å². The summed E-state index contributed by atoms with van der Waals surface area (Å²) in [5.41, 5.74) is -1.18. The van der Waals surface area contributed by atoms with Crippen LogP contribution in [0.2, 0.25) is 10.0 Å². The summed E-state index contributed by atoms with van der Waals surface area (Å²) in [6.45, 7) is 0. The number of hydrogen-bond acceptors (Lipinski definition) is 2. The van der Waals surface area contributed by atoms with Gasteiger partial charge in [-0.15, -0.1) is 0 Å². The molecule has 0 amide bonds. The second-order valence-corrected chi connectivity index (χ2v) is 5.28. The first-order chi connectivity index (χ1) is 9.77. The number of hydrogen-bond donors (Lipinski definition) is 1. The topological polar surface area (TPSA) is 45.8 Å². The van der Waals surface area contributed by atoms with Crippen molar-refractivity contribution in [2.24, 2.45) is 0 Å². The Hall–Kier alpha value is -1.43. The monoisotopic (exact) mass is 350 g/mol. The average molecular weight is 352 g/mol. The van der Waals surface area contributed by atoms with Gasteiger partial charge in [0.15, 0.2) is 0 Å². The minimum atomic E-state index is -3.69. The van der Waals surface area contributed by atoms with E-state index in [1.807, 2.05) is 4.98 Å². The van der Waals surface area contributed by atoms with Gasteiger partial charge in [0.25, 0.3) is 0 Å². The van der Waals surface area contributed by atoms with Crippen LogP contribution in [-0.2, 0) is 5.38 Å². The van der Waals surface area contributed by atoms with Crippen LogP contribution in [0.4, 0.5) is 8.78 Å². The van der Waals surface area contributed by atoms with Crippen molar-refractivity contribution in [2.45, 2.75) is 5.38 Å². The predicted octanol–water partition coefficient (Wildman–Crippen LogP) is 4.54. The summed E-state index contributed by atoms with van der Waals surface area (Å²) in [4.78, 5) is 16.7. The second-order valence-electron chi connectivity index (χ2n) is 3.99. The molecule has 0 saturated heterocycles. The van der Waals surface area contributed by atoms with Crippen molar-refractivity contribution in [1.29, 1.82) is 0 Å². The number of alkyl halides is 3. The summed E-state index contributed by atoms with van der Waals surface area (Å²) < 4.78 is 26.0. The number of benzene rings is 1. The van der Waals surface area contributed by atoms with Crippen LogP contribution in [0.3, 0.4) is 0 Å². The minimum Gasteiger partial charge on any atom is -0.303 e. The normalized spacial score (nSPS) is 12.0. The molecule has 2 aromatic rings. The third kappa shape index (κ3) is 4.03. The summed E-state index contributed by atoms with van der Waals surface area (Å²) in [6, 6.07) is 5.88. The first kappa shape index (κ1) is 15.9. The van der Waals surface area contributed by atoms with Crippen molar-refractivity contribution < 1.29 is 8.78 Å². The van der Waals surface area contributed by atoms with Crippen LogP contribution in [0, 0.1) is 0 Å². The Labute approximate surface area is 133 Å². The Bertz CT molecular complexity index is 734. The highest BCUT2D eigenvalue weighted by Crippen LogP contribution is 2.30. The highest BCUT2D eigenvalue weighted by atomic mass is 35.5. The lowest BCUT2D eigenvalue weighted by Crippen LogP contribution is -2.18. The number of rotatable bonds is 3. The van der Waals surface area contributed by atoms with Crippen LogP contribution in [0.1, 0.15) is 17.0 Å². The maximum atomic E-state index is 13.0. The van der Waals surface area contributed by atoms with Gasteiger partial charge in [0, 0.05) is 15.6 Å². The fourth-order valence-electron chi connectivity index (χ4n) is 1.55. The van der Waals surface area contributed by atoms with E-state index < -0.39 is 16.8 Å². The molecule has 0 bridgehead atoms. The molecule has 0 saturated carbocycles. The fourth-order valence-corrected chi connectivity index (χ4v) is 2.18. The Balaban J connectivity index is 2.42. The SMILES string of the molecule is O=c1nc(/C=C/c2c(Cl)cccc2Cl)cc(C(F)(F)Cl)[nH]1. The van der Waals surface area contributed by atoms with E-state index in [0.29, 0.717) is 15.6 Å². The van der Waals surface area contributed by atoms with Crippen molar-refractivity contribution in [3.8, 4) is 0 Å². The molecule has 1 N–H and O–H groups in total. The lowest BCUT2D eigenvalue weighted by molar-refractivity contribution is 0.0894. The predicted molar refractivity (Wildman–Crippen MR) is 80.0 cm³/mol. The number of aromatic amines is 1. The van der Waals surface area contributed by atoms with E-state index in [1.165, 1.54) is 12.2 Å². The summed E-state index contributed by atoms with van der Waals surface area (Å²) >= 11 is 16.8. The molecule has 110 valence electrons. The van der Waals surface area contributed by atoms with Gasteiger partial charge >= 0.3 is 11.1 Å². The summed E-state index contributed by atoms with van der Waals surface area (Å²) in [7, 11) is 0. The van der Waals surface area contributed by atoms with Gasteiger partial charge in [0.1, 0.15) is 5.69 Å². The molecule has 0 unspecified atom stereocenters. The zero-order valence-corrected chi connectivity index (χ0v) is 12.5. The molecule has 1 heterocycles. The molecule has 1 aromatic carbocycles. The second kappa shape index (κ2) is 6.13. The van der Waals surface area contributed by atoms with Crippen LogP contribution < -0.4 is 5.69 Å². The Kier molecular flexibility index (Phi) is 4.66. The first-order valence-electron chi connectivity index (χ1n) is 5.58. The molecule has 21 heavy (non-hydrogen) atoms. The number of aromatic nitrogens is 2. The van der Waals surface area contributed by atoms with Gasteiger partial charge in [-0.25, -0.2) is 4.79 Å². The lowest BCUT2D eigenvalue weighted by atomic mass is 10.2. The van der Waals surface area contributed by atoms with E-state index in [1.54, 1.807) is 18.2 Å². The quantitative estimate of drug-likeness (QED) is 0.826. The maximum absolute atomic E-state index is 13.0. The number of H-pyrrole nitrogens is 1. The highest BCUT2D eigenvalue weighted by Gasteiger charge is 2.29. The standard InChI is InChI=1S/C13H7Cl3F2N2O/c14-9-2-1-3-10(15)8(9)5-4-7-6-11(13(16,17)18)20-12(21)19-7/h1-6H,(H,19,20,21)/b5-4+. The molecule has 0 spiro atoms. The molecule has 8 heteroatoms. The maximum Gasteiger partial charge on any atom is 0.362 e. The van der Waals surface area contributed by atoms with Crippen molar-refractivity contribution >= 4 is 47.0 Å². The van der Waals surface area contributed by atoms with E-state index in [2.05, 4.69) is 4.98 Å². The zero-order chi connectivity index (χ0) is 15.6. The molecule has 0 atom stereocenters. The largest absolute Gasteiger partial charge is 0.362 e. The smallest absolute Gasteiger partial charge is 0.303 e. The van der Waals surface area contributed by atoms with E-state index in [0.717, 1.165) is 6.07 Å². The fraction of sp³-hybridized carbons (Fsp3) is 0.0769. The average Bonchev–Trinajstić information content (AvgIpc) is 2.36. The molecule has 0 radical (unpaired) electrons. The van der Waals surface area contributed by atoms with Gasteiger partial charge in [-0.1, -0.05) is 29.3 Å². The molecule has 1 aromatic heterocycles. The summed E-state index contributed by atoms with van der Waals surface area (Å²) in [5, 5.41) is -2.93. The van der Waals surface area contributed by atoms with Crippen LogP contribution in [-0.4, -0.2) is 9.97 Å². The molecule has 0 aliphatic rings. The van der Waals surface area contributed by atoms with Crippen LogP contribution in [0.5, 0.6) is 0 Å². The highest BCUT2D eigenvalue weighted by molar-refractivity contribution is 6.37. The zero-order valence-electron chi connectivity index (χ0n) is 10.2. The van der Waals surface area contributed by atoms with E-state index in [9.17, 15) is 13.6 Å². The summed E-state index contributed by atoms with van der Waals surface area (Å²) in [5.74, 6) is 0. The van der Waals surface area contributed by atoms with E-state index >= 15 is 0 Å². The van der Waals surface area contributed by atoms with Crippen molar-refractivity contribution in [1.82, 2.24) is 9.97 Å². The molecule has 3 nitrogen and oxygen atoms in total. The Morgan fingerprint density at radius 2 is 1.81 bits per heavy atom. The molecule has 0 fully saturated rings. The number of halogens is 5. The molecule has 2 rings (SSSR count). The van der Waals surface area contributed by atoms with E-state index in [-0.39, 0.29) is 5.69 Å². The van der Waals surface area contributed by atoms with Crippen molar-refractivity contribution in [3.63, 3.8) is 0 Å². The number of nitrogens with zero attached hydrogens (tertiary/aromatic N) is 1. The molecule has 0 aliphatic carbocycles. The molecular formula is C13H7Cl3F2N2O. The Morgan fingerprint density at radius 1 is 1.19 bits per heavy atom. The van der Waals surface area contributed by atoms with Gasteiger partial charge in [0.2, 0.25) is 0 Å². The van der Waals surface area contributed by atoms with Crippen LogP contribution in [0.15, 0.2) is 29.1 Å². The number of nitrogens with one attached hydrogen (secondary N) is 1. The third-order valence-electron chi connectivity index (χ3n) is 2.49. The molecule has 0 aliphatic heterocycles. The van der Waals surface area contributed by atoms with Crippen molar-refractivity contribution in [2.75, 3.05) is 0 Å². The first-order valence-corrected chi connectivity index (χ1v) is 6.71. The third-order valence-corrected chi connectivity index (χ3v) is 3.35. The molecular weight excluding hydrogens is 345 g/mol. The Morgan fingerprint density at radius 3 is 2.38 bits per heavy atom. The minimum absolute atomic E-state index is 0.00469. The summed E-state index contributed by atoms with van der Waals surface area (Å²) in [6.07, 6.45) is 2.82. The van der Waals surface area contributed by atoms with Gasteiger partial charge in [-0.3, -0.25) is 0 Å². The van der Waals surface area contributed by atoms with Crippen molar-refractivity contribution in [3.05, 3.63) is 61.7 Å². The van der Waals surface area contributed by atoms with Crippen LogP contribution in [0.25, 0.3) is 12.2 Å². The lowest BCUT2D eigenvalue weighted by Gasteiger charge is -2.07. The van der Waals surface area contributed by atoms with Gasteiger partial charge in [-0.05, 0) is 42.0 Å². The van der Waals surface area contributed by atoms with Gasteiger partial charge < -0.3 is 4.98 Å². The van der Waals surface area contributed by atoms with Gasteiger partial charge in [0.05, 0.1) is 5.69 Å².